The van der Waals surface area contributed by atoms with Crippen molar-refractivity contribution in [2.24, 2.45) is 0 Å². The highest BCUT2D eigenvalue weighted by Crippen LogP contribution is 2.40. The maximum absolute atomic E-state index is 5.86. The van der Waals surface area contributed by atoms with Crippen LogP contribution in [0, 0.1) is 0 Å². The average molecular weight is 383 g/mol. The first kappa shape index (κ1) is 18.3. The van der Waals surface area contributed by atoms with Crippen molar-refractivity contribution in [2.45, 2.75) is 13.0 Å². The summed E-state index contributed by atoms with van der Waals surface area (Å²) in [7, 11) is 1.69. The van der Waals surface area contributed by atoms with Crippen LogP contribution >= 0.6 is 11.3 Å². The third-order valence-electron chi connectivity index (χ3n) is 5.13. The topological polar surface area (TPSA) is 33.7 Å². The van der Waals surface area contributed by atoms with Crippen molar-refractivity contribution >= 4 is 21.4 Å². The molecule has 142 valence electrons. The highest BCUT2D eigenvalue weighted by atomic mass is 32.1. The van der Waals surface area contributed by atoms with Crippen LogP contribution in [0.15, 0.2) is 47.8 Å². The molecule has 1 unspecified atom stereocenters. The van der Waals surface area contributed by atoms with E-state index in [4.69, 9.17) is 9.47 Å². The molecule has 4 nitrogen and oxygen atoms in total. The molecule has 2 heterocycles. The van der Waals surface area contributed by atoms with E-state index in [-0.39, 0.29) is 6.04 Å². The minimum atomic E-state index is 0.216. The standard InChI is InChI=1S/C22H26N2O2S/c1-3-26-20-14-16(8-9-19(20)25-2)22(24-12-10-23-11-13-24)18-15-27-21-7-5-4-6-17(18)21/h4-9,14-15,22-23H,3,10-13H2,1-2H3. The first-order chi connectivity index (χ1) is 13.3. The molecule has 27 heavy (non-hydrogen) atoms. The van der Waals surface area contributed by atoms with Crippen molar-refractivity contribution in [3.8, 4) is 11.5 Å². The molecule has 0 spiro atoms. The minimum absolute atomic E-state index is 0.216. The van der Waals surface area contributed by atoms with Gasteiger partial charge in [-0.15, -0.1) is 11.3 Å². The quantitative estimate of drug-likeness (QED) is 0.689. The highest BCUT2D eigenvalue weighted by Gasteiger charge is 2.27. The van der Waals surface area contributed by atoms with Gasteiger partial charge in [0.15, 0.2) is 11.5 Å². The number of rotatable bonds is 6. The molecule has 0 amide bonds. The second-order valence-corrected chi connectivity index (χ2v) is 7.63. The Labute approximate surface area is 164 Å². The van der Waals surface area contributed by atoms with Gasteiger partial charge in [-0.1, -0.05) is 24.3 Å². The Hall–Kier alpha value is -2.08. The lowest BCUT2D eigenvalue weighted by Crippen LogP contribution is -2.45. The van der Waals surface area contributed by atoms with E-state index in [9.17, 15) is 0 Å². The van der Waals surface area contributed by atoms with Gasteiger partial charge in [-0.3, -0.25) is 4.90 Å². The summed E-state index contributed by atoms with van der Waals surface area (Å²) in [6.45, 7) is 6.74. The van der Waals surface area contributed by atoms with Crippen molar-refractivity contribution in [3.05, 3.63) is 59.0 Å². The van der Waals surface area contributed by atoms with Crippen molar-refractivity contribution in [1.29, 1.82) is 0 Å². The smallest absolute Gasteiger partial charge is 0.161 e. The number of nitrogens with one attached hydrogen (secondary N) is 1. The van der Waals surface area contributed by atoms with Gasteiger partial charge in [0.2, 0.25) is 0 Å². The maximum atomic E-state index is 5.86. The molecule has 0 aliphatic carbocycles. The Kier molecular flexibility index (Phi) is 5.62. The van der Waals surface area contributed by atoms with Crippen molar-refractivity contribution < 1.29 is 9.47 Å². The van der Waals surface area contributed by atoms with E-state index in [0.29, 0.717) is 6.61 Å². The second kappa shape index (κ2) is 8.30. The molecule has 0 radical (unpaired) electrons. The lowest BCUT2D eigenvalue weighted by molar-refractivity contribution is 0.199. The molecule has 4 rings (SSSR count). The van der Waals surface area contributed by atoms with E-state index < -0.39 is 0 Å². The molecule has 1 aliphatic rings. The molecule has 0 bridgehead atoms. The van der Waals surface area contributed by atoms with Crippen LogP contribution in [0.5, 0.6) is 11.5 Å². The molecular formula is C22H26N2O2S. The molecule has 0 saturated carbocycles. The van der Waals surface area contributed by atoms with E-state index in [1.807, 2.05) is 24.3 Å². The largest absolute Gasteiger partial charge is 0.493 e. The van der Waals surface area contributed by atoms with Crippen molar-refractivity contribution in [2.75, 3.05) is 39.9 Å². The van der Waals surface area contributed by atoms with Crippen LogP contribution in [-0.2, 0) is 0 Å². The summed E-state index contributed by atoms with van der Waals surface area (Å²) in [5.41, 5.74) is 2.63. The molecule has 1 aromatic heterocycles. The molecule has 1 aliphatic heterocycles. The normalized spacial score (nSPS) is 16.4. The zero-order valence-electron chi connectivity index (χ0n) is 15.9. The number of hydrogen-bond acceptors (Lipinski definition) is 5. The number of methoxy groups -OCH3 is 1. The summed E-state index contributed by atoms with van der Waals surface area (Å²) in [4.78, 5) is 2.57. The van der Waals surface area contributed by atoms with Gasteiger partial charge in [-0.2, -0.15) is 0 Å². The monoisotopic (exact) mass is 382 g/mol. The predicted molar refractivity (Wildman–Crippen MR) is 112 cm³/mol. The summed E-state index contributed by atoms with van der Waals surface area (Å²) in [6, 6.07) is 15.3. The van der Waals surface area contributed by atoms with E-state index in [1.165, 1.54) is 21.2 Å². The highest BCUT2D eigenvalue weighted by molar-refractivity contribution is 7.17. The predicted octanol–water partition coefficient (Wildman–Crippen LogP) is 4.30. The van der Waals surface area contributed by atoms with Gasteiger partial charge in [0.1, 0.15) is 0 Å². The average Bonchev–Trinajstić information content (AvgIpc) is 3.14. The van der Waals surface area contributed by atoms with Crippen LogP contribution < -0.4 is 14.8 Å². The lowest BCUT2D eigenvalue weighted by atomic mass is 9.95. The van der Waals surface area contributed by atoms with E-state index in [1.54, 1.807) is 7.11 Å². The summed E-state index contributed by atoms with van der Waals surface area (Å²) in [6.07, 6.45) is 0. The third kappa shape index (κ3) is 3.68. The van der Waals surface area contributed by atoms with Crippen LogP contribution in [-0.4, -0.2) is 44.8 Å². The van der Waals surface area contributed by atoms with Gasteiger partial charge >= 0.3 is 0 Å². The summed E-state index contributed by atoms with van der Waals surface area (Å²) in [5, 5.41) is 7.14. The van der Waals surface area contributed by atoms with Crippen LogP contribution in [0.25, 0.3) is 10.1 Å². The molecular weight excluding hydrogens is 356 g/mol. The number of thiophene rings is 1. The molecule has 2 aromatic carbocycles. The van der Waals surface area contributed by atoms with Gasteiger partial charge in [0, 0.05) is 30.9 Å². The maximum Gasteiger partial charge on any atom is 0.161 e. The lowest BCUT2D eigenvalue weighted by Gasteiger charge is -2.35. The fourth-order valence-corrected chi connectivity index (χ4v) is 4.85. The summed E-state index contributed by atoms with van der Waals surface area (Å²) >= 11 is 1.82. The van der Waals surface area contributed by atoms with Crippen molar-refractivity contribution in [3.63, 3.8) is 0 Å². The Morgan fingerprint density at radius 1 is 1.11 bits per heavy atom. The fourth-order valence-electron chi connectivity index (χ4n) is 3.87. The van der Waals surface area contributed by atoms with Crippen molar-refractivity contribution in [1.82, 2.24) is 10.2 Å². The van der Waals surface area contributed by atoms with Crippen LogP contribution in [0.1, 0.15) is 24.1 Å². The van der Waals surface area contributed by atoms with Gasteiger partial charge in [-0.25, -0.2) is 0 Å². The molecule has 1 fully saturated rings. The summed E-state index contributed by atoms with van der Waals surface area (Å²) < 4.78 is 12.7. The Bertz CT molecular complexity index is 902. The first-order valence-corrected chi connectivity index (χ1v) is 10.4. The molecule has 1 saturated heterocycles. The first-order valence-electron chi connectivity index (χ1n) is 9.53. The van der Waals surface area contributed by atoms with Gasteiger partial charge in [0.25, 0.3) is 0 Å². The molecule has 5 heteroatoms. The number of nitrogens with zero attached hydrogens (tertiary/aromatic N) is 1. The van der Waals surface area contributed by atoms with E-state index in [2.05, 4.69) is 52.0 Å². The Balaban J connectivity index is 1.82. The van der Waals surface area contributed by atoms with E-state index in [0.717, 1.165) is 37.7 Å². The zero-order valence-corrected chi connectivity index (χ0v) is 16.7. The minimum Gasteiger partial charge on any atom is -0.493 e. The molecule has 3 aromatic rings. The molecule has 1 atom stereocenters. The third-order valence-corrected chi connectivity index (χ3v) is 6.11. The van der Waals surface area contributed by atoms with Crippen LogP contribution in [0.3, 0.4) is 0 Å². The Morgan fingerprint density at radius 2 is 1.93 bits per heavy atom. The van der Waals surface area contributed by atoms with Gasteiger partial charge in [-0.05, 0) is 47.0 Å². The SMILES string of the molecule is CCOc1cc(C(c2csc3ccccc23)N2CCNCC2)ccc1OC. The Morgan fingerprint density at radius 3 is 2.70 bits per heavy atom. The number of ether oxygens (including phenoxy) is 2. The van der Waals surface area contributed by atoms with Gasteiger partial charge < -0.3 is 14.8 Å². The number of hydrogen-bond donors (Lipinski definition) is 1. The second-order valence-electron chi connectivity index (χ2n) is 6.72. The summed E-state index contributed by atoms with van der Waals surface area (Å²) in [5.74, 6) is 1.60. The van der Waals surface area contributed by atoms with E-state index >= 15 is 0 Å². The van der Waals surface area contributed by atoms with Gasteiger partial charge in [0.05, 0.1) is 19.8 Å². The number of piperazine rings is 1. The number of benzene rings is 2. The molecule has 1 N–H and O–H groups in total. The van der Waals surface area contributed by atoms with Crippen LogP contribution in [0.4, 0.5) is 0 Å². The fraction of sp³-hybridized carbons (Fsp3) is 0.364. The van der Waals surface area contributed by atoms with Crippen LogP contribution in [0.2, 0.25) is 0 Å². The number of fused-ring (bicyclic) bond motifs is 1. The zero-order chi connectivity index (χ0) is 18.6.